The molecular formula is C23H24F3N5O2S. The van der Waals surface area contributed by atoms with Gasteiger partial charge < -0.3 is 19.9 Å². The smallest absolute Gasteiger partial charge is 0.249 e. The maximum atomic E-state index is 13.3. The Balaban J connectivity index is 0.00000324. The summed E-state index contributed by atoms with van der Waals surface area (Å²) < 4.78 is 45.2. The summed E-state index contributed by atoms with van der Waals surface area (Å²) in [6, 6.07) is 8.58. The van der Waals surface area contributed by atoms with Crippen molar-refractivity contribution in [2.75, 3.05) is 29.2 Å². The number of anilines is 3. The topological polar surface area (TPSA) is 70.6 Å². The van der Waals surface area contributed by atoms with Crippen LogP contribution < -0.4 is 19.9 Å². The number of hydrogen-bond acceptors (Lipinski definition) is 6. The minimum absolute atomic E-state index is 0. The third kappa shape index (κ3) is 5.04. The molecule has 0 saturated heterocycles. The average Bonchev–Trinajstić information content (AvgIpc) is 2.82. The van der Waals surface area contributed by atoms with Crippen molar-refractivity contribution in [2.45, 2.75) is 26.1 Å². The third-order valence-corrected chi connectivity index (χ3v) is 5.54. The number of rotatable bonds is 6. The van der Waals surface area contributed by atoms with Crippen LogP contribution in [0.5, 0.6) is 5.75 Å². The molecule has 1 aliphatic heterocycles. The van der Waals surface area contributed by atoms with Gasteiger partial charge in [-0.1, -0.05) is 12.1 Å². The van der Waals surface area contributed by atoms with E-state index < -0.39 is 17.5 Å². The number of carbonyl (C=O) groups excluding carboxylic acids is 1. The molecule has 0 radical (unpaired) electrons. The van der Waals surface area contributed by atoms with Gasteiger partial charge in [0.25, 0.3) is 0 Å². The van der Waals surface area contributed by atoms with Crippen LogP contribution in [0.25, 0.3) is 0 Å². The molecule has 2 aromatic carbocycles. The van der Waals surface area contributed by atoms with Gasteiger partial charge in [-0.3, -0.25) is 4.79 Å². The molecule has 180 valence electrons. The first kappa shape index (κ1) is 25.2. The van der Waals surface area contributed by atoms with Gasteiger partial charge >= 0.3 is 0 Å². The molecule has 0 fully saturated rings. The molecule has 0 saturated carbocycles. The molecule has 3 aromatic rings. The summed E-state index contributed by atoms with van der Waals surface area (Å²) >= 11 is 0. The highest BCUT2D eigenvalue weighted by Crippen LogP contribution is 2.32. The van der Waals surface area contributed by atoms with Gasteiger partial charge in [-0.25, -0.2) is 18.2 Å². The number of nitrogens with one attached hydrogen (secondary N) is 1. The minimum Gasteiger partial charge on any atom is -0.489 e. The quantitative estimate of drug-likeness (QED) is 0.526. The third-order valence-electron chi connectivity index (χ3n) is 5.54. The molecule has 1 aromatic heterocycles. The standard InChI is InChI=1S/C23H22F3N5O2.H2S/c1-13-22(32)31(3)19-11-28-23(29-21(19)30(13)2)27-10-14-4-6-16(7-5-14)33-12-15-8-17(24)20(26)18(25)9-15;/h4-9,11,13H,10,12H2,1-3H3,(H,27,28,29);1H2/t13-;/m0./s1. The van der Waals surface area contributed by atoms with Crippen molar-refractivity contribution in [2.24, 2.45) is 0 Å². The highest BCUT2D eigenvalue weighted by atomic mass is 32.1. The fourth-order valence-electron chi connectivity index (χ4n) is 3.44. The lowest BCUT2D eigenvalue weighted by Gasteiger charge is -2.36. The normalized spacial score (nSPS) is 15.0. The van der Waals surface area contributed by atoms with Crippen LogP contribution >= 0.6 is 13.5 Å². The van der Waals surface area contributed by atoms with Crippen molar-refractivity contribution >= 4 is 36.9 Å². The Bertz CT molecular complexity index is 1170. The van der Waals surface area contributed by atoms with Crippen LogP contribution in [0.2, 0.25) is 0 Å². The maximum absolute atomic E-state index is 13.3. The van der Waals surface area contributed by atoms with E-state index in [1.807, 2.05) is 31.0 Å². The molecule has 34 heavy (non-hydrogen) atoms. The average molecular weight is 492 g/mol. The summed E-state index contributed by atoms with van der Waals surface area (Å²) in [5, 5.41) is 3.16. The lowest BCUT2D eigenvalue weighted by Crippen LogP contribution is -2.49. The van der Waals surface area contributed by atoms with Gasteiger partial charge in [0.1, 0.15) is 24.1 Å². The van der Waals surface area contributed by atoms with E-state index in [4.69, 9.17) is 4.74 Å². The second kappa shape index (κ2) is 10.2. The Morgan fingerprint density at radius 2 is 1.71 bits per heavy atom. The fraction of sp³-hybridized carbons (Fsp3) is 0.261. The van der Waals surface area contributed by atoms with E-state index in [9.17, 15) is 18.0 Å². The van der Waals surface area contributed by atoms with Crippen molar-refractivity contribution in [3.63, 3.8) is 0 Å². The lowest BCUT2D eigenvalue weighted by molar-refractivity contribution is -0.119. The molecule has 7 nitrogen and oxygen atoms in total. The number of benzene rings is 2. The fourth-order valence-corrected chi connectivity index (χ4v) is 3.44. The minimum atomic E-state index is -1.50. The van der Waals surface area contributed by atoms with Crippen LogP contribution in [-0.2, 0) is 17.9 Å². The summed E-state index contributed by atoms with van der Waals surface area (Å²) in [5.41, 5.74) is 1.76. The van der Waals surface area contributed by atoms with Crippen molar-refractivity contribution in [3.8, 4) is 5.75 Å². The first-order chi connectivity index (χ1) is 15.7. The van der Waals surface area contributed by atoms with E-state index in [0.29, 0.717) is 29.7 Å². The van der Waals surface area contributed by atoms with Crippen LogP contribution in [0.3, 0.4) is 0 Å². The molecule has 1 amide bonds. The number of hydrogen-bond donors (Lipinski definition) is 1. The van der Waals surface area contributed by atoms with Crippen LogP contribution in [0, 0.1) is 17.5 Å². The summed E-state index contributed by atoms with van der Waals surface area (Å²) in [6.07, 6.45) is 1.61. The number of fused-ring (bicyclic) bond motifs is 1. The second-order valence-corrected chi connectivity index (χ2v) is 7.75. The van der Waals surface area contributed by atoms with E-state index in [1.54, 1.807) is 30.3 Å². The first-order valence-electron chi connectivity index (χ1n) is 10.2. The van der Waals surface area contributed by atoms with E-state index in [-0.39, 0.29) is 37.6 Å². The van der Waals surface area contributed by atoms with Gasteiger partial charge in [0, 0.05) is 20.6 Å². The van der Waals surface area contributed by atoms with Crippen LogP contribution in [-0.4, -0.2) is 36.0 Å². The van der Waals surface area contributed by atoms with Crippen molar-refractivity contribution in [1.82, 2.24) is 9.97 Å². The Morgan fingerprint density at radius 1 is 1.06 bits per heavy atom. The molecule has 4 rings (SSSR count). The summed E-state index contributed by atoms with van der Waals surface area (Å²) in [6.45, 7) is 2.17. The molecular weight excluding hydrogens is 467 g/mol. The Labute approximate surface area is 202 Å². The predicted octanol–water partition coefficient (Wildman–Crippen LogP) is 4.00. The SMILES string of the molecule is C[C@H]1C(=O)N(C)c2cnc(NCc3ccc(OCc4cc(F)c(F)c(F)c4)cc3)nc2N1C.S. The molecule has 2 heterocycles. The number of nitrogens with zero attached hydrogens (tertiary/aromatic N) is 4. The van der Waals surface area contributed by atoms with Crippen LogP contribution in [0.1, 0.15) is 18.1 Å². The zero-order valence-electron chi connectivity index (χ0n) is 18.8. The number of halogens is 3. The van der Waals surface area contributed by atoms with Gasteiger partial charge in [0.05, 0.1) is 6.20 Å². The van der Waals surface area contributed by atoms with Gasteiger partial charge in [-0.2, -0.15) is 18.5 Å². The summed E-state index contributed by atoms with van der Waals surface area (Å²) in [7, 11) is 3.52. The Hall–Kier alpha value is -3.47. The monoisotopic (exact) mass is 491 g/mol. The molecule has 0 unspecified atom stereocenters. The molecule has 0 aliphatic carbocycles. The Morgan fingerprint density at radius 3 is 2.35 bits per heavy atom. The zero-order chi connectivity index (χ0) is 23.7. The maximum Gasteiger partial charge on any atom is 0.249 e. The first-order valence-corrected chi connectivity index (χ1v) is 10.2. The molecule has 0 spiro atoms. The lowest BCUT2D eigenvalue weighted by atomic mass is 10.2. The molecule has 1 atom stereocenters. The van der Waals surface area contributed by atoms with Crippen LogP contribution in [0.15, 0.2) is 42.6 Å². The Kier molecular flexibility index (Phi) is 7.55. The highest BCUT2D eigenvalue weighted by Gasteiger charge is 2.32. The van der Waals surface area contributed by atoms with E-state index in [0.717, 1.165) is 17.7 Å². The largest absolute Gasteiger partial charge is 0.489 e. The predicted molar refractivity (Wildman–Crippen MR) is 128 cm³/mol. The molecule has 0 bridgehead atoms. The molecule has 1 N–H and O–H groups in total. The zero-order valence-corrected chi connectivity index (χ0v) is 19.8. The second-order valence-electron chi connectivity index (χ2n) is 7.75. The number of ether oxygens (including phenoxy) is 1. The van der Waals surface area contributed by atoms with E-state index in [1.165, 1.54) is 0 Å². The summed E-state index contributed by atoms with van der Waals surface area (Å²) in [4.78, 5) is 24.5. The number of amides is 1. The number of aromatic nitrogens is 2. The van der Waals surface area contributed by atoms with Gasteiger partial charge in [-0.05, 0) is 42.3 Å². The van der Waals surface area contributed by atoms with Crippen molar-refractivity contribution in [3.05, 3.63) is 71.2 Å². The van der Waals surface area contributed by atoms with Gasteiger partial charge in [-0.15, -0.1) is 0 Å². The number of likely N-dealkylation sites (N-methyl/N-ethyl adjacent to an activating group) is 2. The summed E-state index contributed by atoms with van der Waals surface area (Å²) in [5.74, 6) is -2.43. The van der Waals surface area contributed by atoms with Crippen molar-refractivity contribution in [1.29, 1.82) is 0 Å². The highest BCUT2D eigenvalue weighted by molar-refractivity contribution is 7.59. The molecule has 11 heteroatoms. The number of carbonyl (C=O) groups is 1. The van der Waals surface area contributed by atoms with Crippen LogP contribution in [0.4, 0.5) is 30.6 Å². The van der Waals surface area contributed by atoms with Crippen molar-refractivity contribution < 1.29 is 22.7 Å². The molecule has 1 aliphatic rings. The van der Waals surface area contributed by atoms with E-state index >= 15 is 0 Å². The van der Waals surface area contributed by atoms with E-state index in [2.05, 4.69) is 15.3 Å². The van der Waals surface area contributed by atoms with Gasteiger partial charge in [0.2, 0.25) is 11.9 Å². The van der Waals surface area contributed by atoms with Gasteiger partial charge in [0.15, 0.2) is 23.3 Å².